The van der Waals surface area contributed by atoms with Crippen LogP contribution in [0.4, 0.5) is 18.9 Å². The first-order valence-electron chi connectivity index (χ1n) is 7.67. The number of benzene rings is 1. The first-order chi connectivity index (χ1) is 12.1. The van der Waals surface area contributed by atoms with Gasteiger partial charge in [-0.15, -0.1) is 13.2 Å². The molecule has 0 spiro atoms. The number of nitrogens with zero attached hydrogens (tertiary/aromatic N) is 1. The van der Waals surface area contributed by atoms with Gasteiger partial charge in [-0.2, -0.15) is 0 Å². The molecule has 0 bridgehead atoms. The Kier molecular flexibility index (Phi) is 5.54. The first-order valence-corrected chi connectivity index (χ1v) is 7.67. The topological polar surface area (TPSA) is 60.3 Å². The molecule has 0 radical (unpaired) electrons. The number of aromatic nitrogens is 1. The molecular formula is C18H17F3N2O3. The van der Waals surface area contributed by atoms with Gasteiger partial charge in [0.25, 0.3) is 5.56 Å². The second-order valence-corrected chi connectivity index (χ2v) is 5.48. The predicted octanol–water partition coefficient (Wildman–Crippen LogP) is 3.64. The molecule has 2 aromatic rings. The van der Waals surface area contributed by atoms with Crippen molar-refractivity contribution in [3.05, 3.63) is 59.0 Å². The van der Waals surface area contributed by atoms with Gasteiger partial charge in [-0.1, -0.05) is 13.5 Å². The third kappa shape index (κ3) is 4.53. The van der Waals surface area contributed by atoms with E-state index in [0.717, 1.165) is 12.1 Å². The number of pyridine rings is 1. The highest BCUT2D eigenvalue weighted by Gasteiger charge is 2.32. The van der Waals surface area contributed by atoms with Crippen LogP contribution in [-0.2, 0) is 18.3 Å². The average Bonchev–Trinajstić information content (AvgIpc) is 2.57. The van der Waals surface area contributed by atoms with Gasteiger partial charge in [0.05, 0.1) is 0 Å². The van der Waals surface area contributed by atoms with Crippen LogP contribution in [0.3, 0.4) is 0 Å². The summed E-state index contributed by atoms with van der Waals surface area (Å²) < 4.78 is 43.6. The maximum Gasteiger partial charge on any atom is 0.573 e. The minimum Gasteiger partial charge on any atom is -0.405 e. The van der Waals surface area contributed by atoms with Crippen LogP contribution in [0.1, 0.15) is 12.5 Å². The number of ether oxygens (including phenoxy) is 1. The molecule has 2 rings (SSSR count). The summed E-state index contributed by atoms with van der Waals surface area (Å²) >= 11 is 0. The molecule has 1 heterocycles. The van der Waals surface area contributed by atoms with E-state index in [2.05, 4.69) is 16.6 Å². The molecule has 1 amide bonds. The molecule has 0 saturated carbocycles. The van der Waals surface area contributed by atoms with E-state index in [1.54, 1.807) is 6.92 Å². The van der Waals surface area contributed by atoms with Gasteiger partial charge in [-0.3, -0.25) is 9.59 Å². The monoisotopic (exact) mass is 366 g/mol. The Bertz CT molecular complexity index is 902. The summed E-state index contributed by atoms with van der Waals surface area (Å²) in [7, 11) is 1.51. The van der Waals surface area contributed by atoms with Gasteiger partial charge in [-0.05, 0) is 36.8 Å². The minimum atomic E-state index is -4.88. The smallest absolute Gasteiger partial charge is 0.405 e. The fraction of sp³-hybridized carbons (Fsp3) is 0.222. The zero-order valence-corrected chi connectivity index (χ0v) is 14.2. The molecule has 0 aliphatic heterocycles. The maximum absolute atomic E-state index is 12.7. The number of rotatable bonds is 5. The van der Waals surface area contributed by atoms with Crippen LogP contribution in [-0.4, -0.2) is 16.8 Å². The SMILES string of the molecule is C=CC(=O)Nc1ccc(OC(F)(F)F)c(-c2cc(CC)c(=O)n(C)c2)c1. The van der Waals surface area contributed by atoms with Gasteiger partial charge in [0.2, 0.25) is 5.91 Å². The molecule has 0 aliphatic rings. The summed E-state index contributed by atoms with van der Waals surface area (Å²) in [6, 6.07) is 5.26. The van der Waals surface area contributed by atoms with E-state index < -0.39 is 18.0 Å². The second-order valence-electron chi connectivity index (χ2n) is 5.48. The van der Waals surface area contributed by atoms with Crippen LogP contribution in [0.25, 0.3) is 11.1 Å². The van der Waals surface area contributed by atoms with Crippen molar-refractivity contribution in [3.8, 4) is 16.9 Å². The second kappa shape index (κ2) is 7.47. The van der Waals surface area contributed by atoms with E-state index in [9.17, 15) is 22.8 Å². The van der Waals surface area contributed by atoms with Crippen LogP contribution in [0.15, 0.2) is 47.9 Å². The Labute approximate surface area is 147 Å². The van der Waals surface area contributed by atoms with Gasteiger partial charge in [0.15, 0.2) is 0 Å². The van der Waals surface area contributed by atoms with Crippen LogP contribution >= 0.6 is 0 Å². The van der Waals surface area contributed by atoms with Gasteiger partial charge in [0, 0.05) is 35.6 Å². The third-order valence-electron chi connectivity index (χ3n) is 3.61. The lowest BCUT2D eigenvalue weighted by Crippen LogP contribution is -2.21. The number of alkyl halides is 3. The Morgan fingerprint density at radius 2 is 2.04 bits per heavy atom. The summed E-state index contributed by atoms with van der Waals surface area (Å²) in [6.45, 7) is 5.10. The number of nitrogens with one attached hydrogen (secondary N) is 1. The molecule has 5 nitrogen and oxygen atoms in total. The molecule has 138 valence electrons. The lowest BCUT2D eigenvalue weighted by Gasteiger charge is -2.16. The summed E-state index contributed by atoms with van der Waals surface area (Å²) in [4.78, 5) is 23.5. The molecule has 1 aromatic heterocycles. The van der Waals surface area contributed by atoms with Crippen LogP contribution in [0.2, 0.25) is 0 Å². The summed E-state index contributed by atoms with van der Waals surface area (Å²) in [5.41, 5.74) is 0.938. The van der Waals surface area contributed by atoms with Crippen molar-refractivity contribution in [3.63, 3.8) is 0 Å². The predicted molar refractivity (Wildman–Crippen MR) is 92.0 cm³/mol. The van der Waals surface area contributed by atoms with Crippen molar-refractivity contribution in [1.29, 1.82) is 0 Å². The van der Waals surface area contributed by atoms with E-state index in [1.165, 1.54) is 36.0 Å². The van der Waals surface area contributed by atoms with Crippen LogP contribution in [0, 0.1) is 0 Å². The molecule has 26 heavy (non-hydrogen) atoms. The van der Waals surface area contributed by atoms with E-state index in [0.29, 0.717) is 17.5 Å². The normalized spacial score (nSPS) is 11.1. The van der Waals surface area contributed by atoms with Crippen LogP contribution in [0.5, 0.6) is 5.75 Å². The molecule has 8 heteroatoms. The zero-order chi connectivity index (χ0) is 19.5. The van der Waals surface area contributed by atoms with E-state index in [4.69, 9.17) is 0 Å². The Hall–Kier alpha value is -3.03. The lowest BCUT2D eigenvalue weighted by atomic mass is 10.0. The van der Waals surface area contributed by atoms with Crippen molar-refractivity contribution in [2.24, 2.45) is 7.05 Å². The zero-order valence-electron chi connectivity index (χ0n) is 14.2. The van der Waals surface area contributed by atoms with E-state index in [-0.39, 0.29) is 16.8 Å². The van der Waals surface area contributed by atoms with Crippen molar-refractivity contribution < 1.29 is 22.7 Å². The highest BCUT2D eigenvalue weighted by atomic mass is 19.4. The highest BCUT2D eigenvalue weighted by molar-refractivity contribution is 5.99. The number of aryl methyl sites for hydroxylation is 2. The number of hydrogen-bond acceptors (Lipinski definition) is 3. The van der Waals surface area contributed by atoms with Crippen molar-refractivity contribution in [1.82, 2.24) is 4.57 Å². The Balaban J connectivity index is 2.64. The summed E-state index contributed by atoms with van der Waals surface area (Å²) in [6.07, 6.45) is -2.00. The van der Waals surface area contributed by atoms with E-state index in [1.807, 2.05) is 0 Å². The van der Waals surface area contributed by atoms with Crippen molar-refractivity contribution in [2.75, 3.05) is 5.32 Å². The number of anilines is 1. The number of carbonyl (C=O) groups is 1. The van der Waals surface area contributed by atoms with Gasteiger partial charge in [-0.25, -0.2) is 0 Å². The summed E-state index contributed by atoms with van der Waals surface area (Å²) in [5, 5.41) is 2.48. The fourth-order valence-electron chi connectivity index (χ4n) is 2.42. The molecule has 0 fully saturated rings. The maximum atomic E-state index is 12.7. The molecule has 0 unspecified atom stereocenters. The molecule has 0 aliphatic carbocycles. The highest BCUT2D eigenvalue weighted by Crippen LogP contribution is 2.36. The first kappa shape index (κ1) is 19.3. The van der Waals surface area contributed by atoms with E-state index >= 15 is 0 Å². The van der Waals surface area contributed by atoms with Crippen molar-refractivity contribution >= 4 is 11.6 Å². The number of carbonyl (C=O) groups excluding carboxylic acids is 1. The Morgan fingerprint density at radius 3 is 2.62 bits per heavy atom. The Morgan fingerprint density at radius 1 is 1.35 bits per heavy atom. The molecule has 1 N–H and O–H groups in total. The quantitative estimate of drug-likeness (QED) is 0.822. The average molecular weight is 366 g/mol. The van der Waals surface area contributed by atoms with Crippen LogP contribution < -0.4 is 15.6 Å². The molecular weight excluding hydrogens is 349 g/mol. The third-order valence-corrected chi connectivity index (χ3v) is 3.61. The molecule has 0 saturated heterocycles. The fourth-order valence-corrected chi connectivity index (χ4v) is 2.42. The van der Waals surface area contributed by atoms with Gasteiger partial charge in [0.1, 0.15) is 5.75 Å². The minimum absolute atomic E-state index is 0.0921. The molecule has 0 atom stereocenters. The number of amides is 1. The standard InChI is InChI=1S/C18H17F3N2O3/c1-4-11-8-12(10-23(3)17(11)25)14-9-13(22-16(24)5-2)6-7-15(14)26-18(19,20)21/h5-10H,2,4H2,1,3H3,(H,22,24). The number of halogens is 3. The largest absolute Gasteiger partial charge is 0.573 e. The van der Waals surface area contributed by atoms with Crippen molar-refractivity contribution in [2.45, 2.75) is 19.7 Å². The van der Waals surface area contributed by atoms with Gasteiger partial charge >= 0.3 is 6.36 Å². The van der Waals surface area contributed by atoms with Gasteiger partial charge < -0.3 is 14.6 Å². The number of hydrogen-bond donors (Lipinski definition) is 1. The summed E-state index contributed by atoms with van der Waals surface area (Å²) in [5.74, 6) is -0.940. The lowest BCUT2D eigenvalue weighted by molar-refractivity contribution is -0.274. The molecule has 1 aromatic carbocycles.